The highest BCUT2D eigenvalue weighted by atomic mass is 35.5. The number of rotatable bonds is 11. The number of benzene rings is 3. The molecule has 1 atom stereocenters. The predicted octanol–water partition coefficient (Wildman–Crippen LogP) is 5.19. The van der Waals surface area contributed by atoms with Crippen molar-refractivity contribution >= 4 is 39.2 Å². The highest BCUT2D eigenvalue weighted by Gasteiger charge is 2.28. The molecular formula is C30H33ClN2O6S. The average molecular weight is 585 g/mol. The molecule has 0 bridgehead atoms. The second kappa shape index (κ2) is 13.3. The molecule has 4 rings (SSSR count). The van der Waals surface area contributed by atoms with Gasteiger partial charge in [0.05, 0.1) is 12.4 Å². The lowest BCUT2D eigenvalue weighted by molar-refractivity contribution is -0.118. The van der Waals surface area contributed by atoms with Crippen LogP contribution in [0.15, 0.2) is 66.7 Å². The Morgan fingerprint density at radius 3 is 2.67 bits per heavy atom. The Kier molecular flexibility index (Phi) is 9.84. The number of carbonyl (C=O) groups is 2. The summed E-state index contributed by atoms with van der Waals surface area (Å²) in [4.78, 5) is 27.5. The minimum absolute atomic E-state index is 0.0564. The fraction of sp³-hybridized carbons (Fsp3) is 0.333. The Hall–Kier alpha value is -3.40. The molecule has 1 aliphatic heterocycles. The Balaban J connectivity index is 1.36. The Labute approximate surface area is 240 Å². The summed E-state index contributed by atoms with van der Waals surface area (Å²) in [6.45, 7) is 2.76. The standard InChI is InChI=1S/C30H33ClN2O6S/c1-21-26(31)10-5-12-28(21)39-17-6-13-29(34)33-16-14-23(25-9-2-3-11-27(25)33)19-22-7-4-8-24(20-22)30(35)32-15-18-40(36,37)38/h2-5,7-12,20,23H,6,13-19H2,1H3,(H,32,35)(H,36,37,38). The molecule has 212 valence electrons. The number of hydrogen-bond donors (Lipinski definition) is 2. The van der Waals surface area contributed by atoms with Crippen LogP contribution in [-0.4, -0.2) is 50.2 Å². The van der Waals surface area contributed by atoms with E-state index in [-0.39, 0.29) is 18.4 Å². The second-order valence-electron chi connectivity index (χ2n) is 9.85. The maximum absolute atomic E-state index is 13.2. The van der Waals surface area contributed by atoms with Crippen molar-refractivity contribution in [3.05, 3.63) is 94.0 Å². The normalized spacial score (nSPS) is 14.9. The van der Waals surface area contributed by atoms with Gasteiger partial charge < -0.3 is 15.0 Å². The van der Waals surface area contributed by atoms with E-state index in [0.29, 0.717) is 43.0 Å². The number of carbonyl (C=O) groups excluding carboxylic acids is 2. The van der Waals surface area contributed by atoms with Crippen LogP contribution in [0.2, 0.25) is 5.02 Å². The lowest BCUT2D eigenvalue weighted by atomic mass is 9.84. The molecule has 2 amide bonds. The molecule has 0 spiro atoms. The number of nitrogens with zero attached hydrogens (tertiary/aromatic N) is 1. The molecule has 0 aliphatic carbocycles. The molecule has 8 nitrogen and oxygen atoms in total. The summed E-state index contributed by atoms with van der Waals surface area (Å²) in [5.41, 5.74) is 4.28. The lowest BCUT2D eigenvalue weighted by Gasteiger charge is -2.34. The van der Waals surface area contributed by atoms with Crippen molar-refractivity contribution in [3.63, 3.8) is 0 Å². The van der Waals surface area contributed by atoms with E-state index >= 15 is 0 Å². The van der Waals surface area contributed by atoms with Gasteiger partial charge in [-0.3, -0.25) is 14.1 Å². The van der Waals surface area contributed by atoms with E-state index in [1.807, 2.05) is 54.3 Å². The van der Waals surface area contributed by atoms with E-state index in [9.17, 15) is 18.0 Å². The largest absolute Gasteiger partial charge is 0.493 e. The number of nitrogens with one attached hydrogen (secondary N) is 1. The topological polar surface area (TPSA) is 113 Å². The van der Waals surface area contributed by atoms with E-state index in [1.165, 1.54) is 0 Å². The van der Waals surface area contributed by atoms with Crippen molar-refractivity contribution < 1.29 is 27.3 Å². The van der Waals surface area contributed by atoms with Crippen molar-refractivity contribution in [2.45, 2.75) is 38.5 Å². The molecule has 1 aliphatic rings. The molecule has 0 fully saturated rings. The third-order valence-corrected chi connectivity index (χ3v) is 8.13. The summed E-state index contributed by atoms with van der Waals surface area (Å²) in [6.07, 6.45) is 2.43. The summed E-state index contributed by atoms with van der Waals surface area (Å²) in [5, 5.41) is 3.17. The van der Waals surface area contributed by atoms with Gasteiger partial charge in [-0.15, -0.1) is 0 Å². The smallest absolute Gasteiger partial charge is 0.266 e. The van der Waals surface area contributed by atoms with Crippen molar-refractivity contribution in [1.82, 2.24) is 5.32 Å². The van der Waals surface area contributed by atoms with Crippen molar-refractivity contribution in [2.75, 3.05) is 30.3 Å². The van der Waals surface area contributed by atoms with Gasteiger partial charge in [0.25, 0.3) is 16.0 Å². The molecule has 3 aromatic carbocycles. The molecule has 0 saturated heterocycles. The number of amides is 2. The average Bonchev–Trinajstić information content (AvgIpc) is 2.92. The van der Waals surface area contributed by atoms with Crippen LogP contribution in [0.4, 0.5) is 5.69 Å². The predicted molar refractivity (Wildman–Crippen MR) is 156 cm³/mol. The van der Waals surface area contributed by atoms with Gasteiger partial charge in [-0.1, -0.05) is 48.0 Å². The minimum atomic E-state index is -4.14. The van der Waals surface area contributed by atoms with E-state index < -0.39 is 21.8 Å². The fourth-order valence-electron chi connectivity index (χ4n) is 4.91. The molecule has 10 heteroatoms. The fourth-order valence-corrected chi connectivity index (χ4v) is 5.44. The zero-order valence-electron chi connectivity index (χ0n) is 22.3. The first-order valence-electron chi connectivity index (χ1n) is 13.2. The maximum Gasteiger partial charge on any atom is 0.266 e. The summed E-state index contributed by atoms with van der Waals surface area (Å²) < 4.78 is 36.5. The van der Waals surface area contributed by atoms with Crippen molar-refractivity contribution in [1.29, 1.82) is 0 Å². The third-order valence-electron chi connectivity index (χ3n) is 7.00. The van der Waals surface area contributed by atoms with Crippen LogP contribution in [0.25, 0.3) is 0 Å². The molecule has 3 aromatic rings. The first-order chi connectivity index (χ1) is 19.1. The van der Waals surface area contributed by atoms with Gasteiger partial charge >= 0.3 is 0 Å². The molecule has 40 heavy (non-hydrogen) atoms. The highest BCUT2D eigenvalue weighted by Crippen LogP contribution is 2.37. The van der Waals surface area contributed by atoms with Crippen molar-refractivity contribution in [2.24, 2.45) is 0 Å². The number of hydrogen-bond acceptors (Lipinski definition) is 5. The number of fused-ring (bicyclic) bond motifs is 1. The molecule has 0 aromatic heterocycles. The zero-order valence-corrected chi connectivity index (χ0v) is 23.9. The second-order valence-corrected chi connectivity index (χ2v) is 11.8. The number of anilines is 1. The van der Waals surface area contributed by atoms with Crippen LogP contribution >= 0.6 is 11.6 Å². The number of halogens is 1. The molecule has 0 radical (unpaired) electrons. The first-order valence-corrected chi connectivity index (χ1v) is 15.2. The van der Waals surface area contributed by atoms with Gasteiger partial charge in [0.2, 0.25) is 5.91 Å². The number of ether oxygens (including phenoxy) is 1. The van der Waals surface area contributed by atoms with Gasteiger partial charge in [0, 0.05) is 41.3 Å². The summed E-state index contributed by atoms with van der Waals surface area (Å²) in [7, 11) is -4.14. The van der Waals surface area contributed by atoms with E-state index in [2.05, 4.69) is 11.4 Å². The molecule has 1 unspecified atom stereocenters. The molecule has 0 saturated carbocycles. The van der Waals surface area contributed by atoms with Gasteiger partial charge in [-0.25, -0.2) is 0 Å². The van der Waals surface area contributed by atoms with Crippen LogP contribution < -0.4 is 15.0 Å². The van der Waals surface area contributed by atoms with E-state index in [4.69, 9.17) is 20.9 Å². The lowest BCUT2D eigenvalue weighted by Crippen LogP contribution is -2.37. The monoisotopic (exact) mass is 584 g/mol. The highest BCUT2D eigenvalue weighted by molar-refractivity contribution is 7.85. The van der Waals surface area contributed by atoms with E-state index in [1.54, 1.807) is 18.2 Å². The SMILES string of the molecule is Cc1c(Cl)cccc1OCCCC(=O)N1CCC(Cc2cccc(C(=O)NCCS(=O)(=O)O)c2)c2ccccc21. The van der Waals surface area contributed by atoms with Crippen LogP contribution in [0.1, 0.15) is 52.2 Å². The van der Waals surface area contributed by atoms with E-state index in [0.717, 1.165) is 34.5 Å². The van der Waals surface area contributed by atoms with Crippen LogP contribution in [0.3, 0.4) is 0 Å². The minimum Gasteiger partial charge on any atom is -0.493 e. The van der Waals surface area contributed by atoms with Crippen LogP contribution in [0, 0.1) is 6.92 Å². The van der Waals surface area contributed by atoms with Gasteiger partial charge in [0.1, 0.15) is 5.75 Å². The number of para-hydroxylation sites is 1. The molecular weight excluding hydrogens is 552 g/mol. The zero-order chi connectivity index (χ0) is 28.7. The Bertz CT molecular complexity index is 1480. The van der Waals surface area contributed by atoms with Crippen molar-refractivity contribution in [3.8, 4) is 5.75 Å². The van der Waals surface area contributed by atoms with Gasteiger partial charge in [0.15, 0.2) is 0 Å². The summed E-state index contributed by atoms with van der Waals surface area (Å²) in [5.74, 6) is 0.0147. The molecule has 2 N–H and O–H groups in total. The quantitative estimate of drug-likeness (QED) is 0.237. The molecule has 1 heterocycles. The van der Waals surface area contributed by atoms with Crippen LogP contribution in [-0.2, 0) is 21.3 Å². The maximum atomic E-state index is 13.2. The third kappa shape index (κ3) is 7.84. The summed E-state index contributed by atoms with van der Waals surface area (Å²) in [6, 6.07) is 20.7. The Morgan fingerprint density at radius 1 is 1.10 bits per heavy atom. The Morgan fingerprint density at radius 2 is 1.88 bits per heavy atom. The summed E-state index contributed by atoms with van der Waals surface area (Å²) >= 11 is 6.16. The van der Waals surface area contributed by atoms with Crippen LogP contribution in [0.5, 0.6) is 5.75 Å². The van der Waals surface area contributed by atoms with Gasteiger partial charge in [-0.05, 0) is 73.6 Å². The van der Waals surface area contributed by atoms with Gasteiger partial charge in [-0.2, -0.15) is 8.42 Å². The first kappa shape index (κ1) is 29.6.